The number of carbonyl (C=O) groups is 1. The summed E-state index contributed by atoms with van der Waals surface area (Å²) in [7, 11) is 0. The first-order chi connectivity index (χ1) is 12.2. The number of benzene rings is 2. The highest BCUT2D eigenvalue weighted by Gasteiger charge is 2.21. The molecule has 7 heteroatoms. The molecule has 1 aromatic heterocycles. The number of rotatable bonds is 6. The Bertz CT molecular complexity index is 879. The van der Waals surface area contributed by atoms with Crippen LogP contribution in [0.2, 0.25) is 5.02 Å². The zero-order chi connectivity index (χ0) is 17.6. The Morgan fingerprint density at radius 2 is 2.00 bits per heavy atom. The maximum Gasteiger partial charge on any atom is 0.361 e. The molecule has 0 saturated heterocycles. The van der Waals surface area contributed by atoms with E-state index in [9.17, 15) is 4.79 Å². The van der Waals surface area contributed by atoms with Crippen molar-refractivity contribution in [2.45, 2.75) is 13.5 Å². The summed E-state index contributed by atoms with van der Waals surface area (Å²) >= 11 is 6.00. The molecule has 25 heavy (non-hydrogen) atoms. The van der Waals surface area contributed by atoms with E-state index in [-0.39, 0.29) is 12.3 Å². The second-order valence-electron chi connectivity index (χ2n) is 5.16. The van der Waals surface area contributed by atoms with Crippen LogP contribution < -0.4 is 4.74 Å². The number of carbonyl (C=O) groups excluding carboxylic acids is 1. The average molecular weight is 358 g/mol. The Labute approximate surface area is 149 Å². The molecule has 3 aromatic rings. The SMILES string of the molecule is CCOC(=O)c1n[nH]nc1-c1ccccc1OCc1cccc(Cl)c1. The lowest BCUT2D eigenvalue weighted by molar-refractivity contribution is 0.0520. The molecule has 0 aliphatic heterocycles. The number of aromatic nitrogens is 3. The summed E-state index contributed by atoms with van der Waals surface area (Å²) in [4.78, 5) is 12.0. The highest BCUT2D eigenvalue weighted by Crippen LogP contribution is 2.31. The van der Waals surface area contributed by atoms with Gasteiger partial charge in [-0.05, 0) is 36.8 Å². The Kier molecular flexibility index (Phi) is 5.30. The molecule has 0 amide bonds. The van der Waals surface area contributed by atoms with Gasteiger partial charge in [0.15, 0.2) is 5.69 Å². The summed E-state index contributed by atoms with van der Waals surface area (Å²) in [5.41, 5.74) is 2.11. The van der Waals surface area contributed by atoms with E-state index in [1.54, 1.807) is 13.0 Å². The number of ether oxygens (including phenoxy) is 2. The zero-order valence-corrected chi connectivity index (χ0v) is 14.3. The van der Waals surface area contributed by atoms with Gasteiger partial charge in [0.25, 0.3) is 0 Å². The van der Waals surface area contributed by atoms with Crippen LogP contribution >= 0.6 is 11.6 Å². The van der Waals surface area contributed by atoms with Gasteiger partial charge in [-0.3, -0.25) is 0 Å². The van der Waals surface area contributed by atoms with Gasteiger partial charge in [-0.25, -0.2) is 4.79 Å². The second-order valence-corrected chi connectivity index (χ2v) is 5.59. The molecule has 0 radical (unpaired) electrons. The van der Waals surface area contributed by atoms with E-state index in [0.717, 1.165) is 5.56 Å². The molecule has 0 fully saturated rings. The number of hydrogen-bond acceptors (Lipinski definition) is 5. The van der Waals surface area contributed by atoms with Crippen molar-refractivity contribution in [1.29, 1.82) is 0 Å². The smallest absolute Gasteiger partial charge is 0.361 e. The van der Waals surface area contributed by atoms with Crippen molar-refractivity contribution >= 4 is 17.6 Å². The van der Waals surface area contributed by atoms with Crippen LogP contribution in [0.5, 0.6) is 5.75 Å². The van der Waals surface area contributed by atoms with Crippen molar-refractivity contribution in [3.8, 4) is 17.0 Å². The molecule has 128 valence electrons. The molecular weight excluding hydrogens is 342 g/mol. The third-order valence-corrected chi connectivity index (χ3v) is 3.68. The molecule has 1 N–H and O–H groups in total. The summed E-state index contributed by atoms with van der Waals surface area (Å²) in [6.07, 6.45) is 0. The Morgan fingerprint density at radius 1 is 1.16 bits per heavy atom. The quantitative estimate of drug-likeness (QED) is 0.677. The van der Waals surface area contributed by atoms with Gasteiger partial charge in [0, 0.05) is 10.6 Å². The first kappa shape index (κ1) is 17.0. The number of nitrogens with zero attached hydrogens (tertiary/aromatic N) is 2. The van der Waals surface area contributed by atoms with Gasteiger partial charge >= 0.3 is 5.97 Å². The van der Waals surface area contributed by atoms with Crippen molar-refractivity contribution < 1.29 is 14.3 Å². The van der Waals surface area contributed by atoms with Crippen molar-refractivity contribution in [3.05, 3.63) is 64.8 Å². The number of H-pyrrole nitrogens is 1. The first-order valence-electron chi connectivity index (χ1n) is 7.73. The van der Waals surface area contributed by atoms with E-state index in [0.29, 0.717) is 28.6 Å². The fourth-order valence-corrected chi connectivity index (χ4v) is 2.55. The van der Waals surface area contributed by atoms with Gasteiger partial charge in [0.2, 0.25) is 0 Å². The minimum absolute atomic E-state index is 0.126. The lowest BCUT2D eigenvalue weighted by Gasteiger charge is -2.11. The fourth-order valence-electron chi connectivity index (χ4n) is 2.34. The molecule has 6 nitrogen and oxygen atoms in total. The topological polar surface area (TPSA) is 77.1 Å². The molecular formula is C18H16ClN3O3. The lowest BCUT2D eigenvalue weighted by Crippen LogP contribution is -2.07. The van der Waals surface area contributed by atoms with Crippen molar-refractivity contribution in [1.82, 2.24) is 15.4 Å². The van der Waals surface area contributed by atoms with Crippen LogP contribution in [0.3, 0.4) is 0 Å². The van der Waals surface area contributed by atoms with Crippen LogP contribution in [0.4, 0.5) is 0 Å². The van der Waals surface area contributed by atoms with Crippen molar-refractivity contribution in [2.75, 3.05) is 6.61 Å². The summed E-state index contributed by atoms with van der Waals surface area (Å²) in [5.74, 6) is 0.0535. The molecule has 2 aromatic carbocycles. The molecule has 0 aliphatic rings. The van der Waals surface area contributed by atoms with Crippen LogP contribution in [0.15, 0.2) is 48.5 Å². The summed E-state index contributed by atoms with van der Waals surface area (Å²) in [5, 5.41) is 11.1. The van der Waals surface area contributed by atoms with E-state index < -0.39 is 5.97 Å². The summed E-state index contributed by atoms with van der Waals surface area (Å²) in [6.45, 7) is 2.34. The maximum absolute atomic E-state index is 12.0. The lowest BCUT2D eigenvalue weighted by atomic mass is 10.1. The Hall–Kier alpha value is -2.86. The normalized spacial score (nSPS) is 10.5. The van der Waals surface area contributed by atoms with Gasteiger partial charge in [-0.1, -0.05) is 35.9 Å². The summed E-state index contributed by atoms with van der Waals surface area (Å²) < 4.78 is 10.9. The molecule has 0 unspecified atom stereocenters. The molecule has 0 saturated carbocycles. The van der Waals surface area contributed by atoms with E-state index >= 15 is 0 Å². The van der Waals surface area contributed by atoms with Gasteiger partial charge in [0.05, 0.1) is 6.61 Å². The molecule has 3 rings (SSSR count). The Balaban J connectivity index is 1.87. The van der Waals surface area contributed by atoms with Gasteiger partial charge in [-0.2, -0.15) is 10.3 Å². The van der Waals surface area contributed by atoms with Crippen molar-refractivity contribution in [3.63, 3.8) is 0 Å². The third-order valence-electron chi connectivity index (χ3n) is 3.44. The molecule has 0 spiro atoms. The largest absolute Gasteiger partial charge is 0.488 e. The van der Waals surface area contributed by atoms with Crippen molar-refractivity contribution in [2.24, 2.45) is 0 Å². The van der Waals surface area contributed by atoms with Crippen LogP contribution in [-0.4, -0.2) is 28.0 Å². The highest BCUT2D eigenvalue weighted by atomic mass is 35.5. The monoisotopic (exact) mass is 357 g/mol. The predicted molar refractivity (Wildman–Crippen MR) is 93.6 cm³/mol. The fraction of sp³-hybridized carbons (Fsp3) is 0.167. The average Bonchev–Trinajstić information content (AvgIpc) is 3.10. The Morgan fingerprint density at radius 3 is 2.80 bits per heavy atom. The highest BCUT2D eigenvalue weighted by molar-refractivity contribution is 6.30. The molecule has 0 atom stereocenters. The molecule has 1 heterocycles. The number of esters is 1. The van der Waals surface area contributed by atoms with Crippen LogP contribution in [-0.2, 0) is 11.3 Å². The number of halogens is 1. The van der Waals surface area contributed by atoms with E-state index in [1.807, 2.05) is 42.5 Å². The van der Waals surface area contributed by atoms with E-state index in [4.69, 9.17) is 21.1 Å². The summed E-state index contributed by atoms with van der Waals surface area (Å²) in [6, 6.07) is 14.7. The number of hydrogen-bond donors (Lipinski definition) is 1. The minimum Gasteiger partial charge on any atom is -0.488 e. The van der Waals surface area contributed by atoms with E-state index in [1.165, 1.54) is 0 Å². The maximum atomic E-state index is 12.0. The molecule has 0 bridgehead atoms. The minimum atomic E-state index is -0.532. The van der Waals surface area contributed by atoms with Gasteiger partial charge < -0.3 is 9.47 Å². The van der Waals surface area contributed by atoms with Gasteiger partial charge in [0.1, 0.15) is 18.1 Å². The van der Waals surface area contributed by atoms with Gasteiger partial charge in [-0.15, -0.1) is 5.10 Å². The second kappa shape index (κ2) is 7.81. The van der Waals surface area contributed by atoms with Crippen LogP contribution in [0.25, 0.3) is 11.3 Å². The zero-order valence-electron chi connectivity index (χ0n) is 13.5. The van der Waals surface area contributed by atoms with Crippen LogP contribution in [0, 0.1) is 0 Å². The van der Waals surface area contributed by atoms with Crippen LogP contribution in [0.1, 0.15) is 23.0 Å². The number of para-hydroxylation sites is 1. The first-order valence-corrected chi connectivity index (χ1v) is 8.11. The third kappa shape index (κ3) is 3.97. The predicted octanol–water partition coefficient (Wildman–Crippen LogP) is 3.88. The van der Waals surface area contributed by atoms with E-state index in [2.05, 4.69) is 15.4 Å². The number of aromatic amines is 1. The standard InChI is InChI=1S/C18H16ClN3O3/c1-2-24-18(23)17-16(20-22-21-17)14-8-3-4-9-15(14)25-11-12-6-5-7-13(19)10-12/h3-10H,2,11H2,1H3,(H,20,21,22). The molecule has 0 aliphatic carbocycles. The number of nitrogens with one attached hydrogen (secondary N) is 1.